The van der Waals surface area contributed by atoms with Crippen LogP contribution in [0.5, 0.6) is 0 Å². The number of benzene rings is 2. The number of likely N-dealkylation sites (tertiary alicyclic amines) is 1. The molecule has 0 saturated carbocycles. The zero-order valence-electron chi connectivity index (χ0n) is 50.8. The van der Waals surface area contributed by atoms with Gasteiger partial charge in [-0.3, -0.25) is 38.5 Å². The van der Waals surface area contributed by atoms with Crippen molar-refractivity contribution < 1.29 is 57.7 Å². The predicted molar refractivity (Wildman–Crippen MR) is 311 cm³/mol. The number of methoxy groups -OCH3 is 2. The molecule has 10 atom stereocenters. The van der Waals surface area contributed by atoms with Crippen LogP contribution in [0.2, 0.25) is 0 Å². The molecule has 5 amide bonds. The van der Waals surface area contributed by atoms with Gasteiger partial charge < -0.3 is 34.0 Å². The van der Waals surface area contributed by atoms with Gasteiger partial charge in [-0.1, -0.05) is 143 Å². The van der Waals surface area contributed by atoms with Gasteiger partial charge in [0.25, 0.3) is 11.8 Å². The Labute approximate surface area is 478 Å². The Morgan fingerprint density at radius 1 is 0.713 bits per heavy atom. The van der Waals surface area contributed by atoms with Crippen molar-refractivity contribution in [1.29, 1.82) is 0 Å². The number of hydrogen-bond donors (Lipinski definition) is 1. The molecule has 2 aromatic rings. The van der Waals surface area contributed by atoms with Gasteiger partial charge in [-0.2, -0.15) is 0 Å². The Balaban J connectivity index is 0.00000406. The summed E-state index contributed by atoms with van der Waals surface area (Å²) in [5, 5.41) is 11.0. The van der Waals surface area contributed by atoms with Gasteiger partial charge in [0, 0.05) is 91.1 Å². The van der Waals surface area contributed by atoms with Crippen LogP contribution < -0.4 is 0 Å². The second-order valence-corrected chi connectivity index (χ2v) is 22.9. The molecule has 16 heteroatoms. The van der Waals surface area contributed by atoms with E-state index in [1.54, 1.807) is 31.1 Å². The monoisotopic (exact) mass is 1110 g/mol. The van der Waals surface area contributed by atoms with E-state index in [4.69, 9.17) is 14.2 Å². The van der Waals surface area contributed by atoms with Crippen LogP contribution >= 0.6 is 0 Å². The minimum absolute atomic E-state index is 0.00147. The number of imide groups is 1. The van der Waals surface area contributed by atoms with Crippen molar-refractivity contribution in [2.75, 3.05) is 41.4 Å². The quantitative estimate of drug-likeness (QED) is 0.0525. The van der Waals surface area contributed by atoms with E-state index in [0.717, 1.165) is 40.9 Å². The number of ketones is 3. The van der Waals surface area contributed by atoms with E-state index >= 15 is 0 Å². The average molecular weight is 1120 g/mol. The number of likely N-dealkylation sites (N-methyl/N-ethyl adjacent to an activating group) is 2. The predicted octanol–water partition coefficient (Wildman–Crippen LogP) is 10.2. The Bertz CT molecular complexity index is 2300. The van der Waals surface area contributed by atoms with E-state index in [0.29, 0.717) is 32.2 Å². The maximum atomic E-state index is 14.7. The lowest BCUT2D eigenvalue weighted by Crippen LogP contribution is -2.54. The van der Waals surface area contributed by atoms with Gasteiger partial charge in [0.15, 0.2) is 5.78 Å². The van der Waals surface area contributed by atoms with Crippen molar-refractivity contribution in [1.82, 2.24) is 19.6 Å². The Morgan fingerprint density at radius 2 is 1.32 bits per heavy atom. The van der Waals surface area contributed by atoms with Crippen LogP contribution in [0.15, 0.2) is 66.7 Å². The first-order chi connectivity index (χ1) is 38.0. The number of aliphatic hydroxyl groups is 1. The fourth-order valence-corrected chi connectivity index (χ4v) is 11.0. The normalized spacial score (nSPS) is 17.7. The average Bonchev–Trinajstić information content (AvgIpc) is 4.07. The highest BCUT2D eigenvalue weighted by molar-refractivity contribution is 6.13. The van der Waals surface area contributed by atoms with Crippen molar-refractivity contribution in [2.24, 2.45) is 35.5 Å². The topological polar surface area (TPSA) is 197 Å². The maximum Gasteiger partial charge on any atom is 0.410 e. The second kappa shape index (κ2) is 34.6. The fourth-order valence-electron chi connectivity index (χ4n) is 11.0. The largest absolute Gasteiger partial charge is 0.445 e. The van der Waals surface area contributed by atoms with E-state index in [1.807, 2.05) is 110 Å². The molecule has 0 spiro atoms. The summed E-state index contributed by atoms with van der Waals surface area (Å²) in [4.78, 5) is 112. The minimum Gasteiger partial charge on any atom is -0.445 e. The van der Waals surface area contributed by atoms with E-state index < -0.39 is 60.1 Å². The van der Waals surface area contributed by atoms with Gasteiger partial charge in [0.2, 0.25) is 11.8 Å². The van der Waals surface area contributed by atoms with Crippen molar-refractivity contribution in [3.63, 3.8) is 0 Å². The molecule has 446 valence electrons. The minimum atomic E-state index is -0.871. The number of carbonyl (C=O) groups is 8. The molecular weight excluding hydrogens is 1020 g/mol. The molecule has 1 N–H and O–H groups in total. The number of rotatable bonds is 33. The van der Waals surface area contributed by atoms with E-state index in [2.05, 4.69) is 13.8 Å². The fraction of sp³-hybridized carbons (Fsp3) is 0.656. The Hall–Kier alpha value is -5.58. The van der Waals surface area contributed by atoms with Crippen molar-refractivity contribution in [3.05, 3.63) is 83.4 Å². The van der Waals surface area contributed by atoms with E-state index in [-0.39, 0.29) is 97.7 Å². The number of hydrogen-bond acceptors (Lipinski definition) is 12. The SMILES string of the molecule is CCCC.CC[C@H](C)[C@@H]([C@@H](CC(=O)N1CCC[C@H]1[C@H](OC)[C@@H](C)C(=O)C[C@H](C)[C@@H](O)c1ccccc1)OC)N(C)C(=O)[C@@H](CC(=O)[C@H](C(C)C)N(C)C(=O)OCc1ccc(CCCCC(=O)CCN2C(=O)C=CC2=O)cc1)C(C)C. The first-order valence-corrected chi connectivity index (χ1v) is 29.4. The molecule has 0 bridgehead atoms. The summed E-state index contributed by atoms with van der Waals surface area (Å²) in [6, 6.07) is 15.2. The van der Waals surface area contributed by atoms with Gasteiger partial charge in [-0.25, -0.2) is 4.79 Å². The molecular formula is C64H98N4O12. The molecule has 2 aliphatic heterocycles. The van der Waals surface area contributed by atoms with Crippen LogP contribution in [-0.4, -0.2) is 144 Å². The molecule has 2 aromatic carbocycles. The molecule has 2 heterocycles. The number of carbonyl (C=O) groups excluding carboxylic acids is 8. The van der Waals surface area contributed by atoms with Gasteiger partial charge in [0.1, 0.15) is 18.2 Å². The van der Waals surface area contributed by atoms with Gasteiger partial charge >= 0.3 is 6.09 Å². The zero-order chi connectivity index (χ0) is 59.8. The van der Waals surface area contributed by atoms with Crippen LogP contribution in [-0.2, 0) is 60.8 Å². The lowest BCUT2D eigenvalue weighted by atomic mass is 9.83. The van der Waals surface area contributed by atoms with Gasteiger partial charge in [0.05, 0.1) is 42.9 Å². The third kappa shape index (κ3) is 20.1. The molecule has 16 nitrogen and oxygen atoms in total. The maximum absolute atomic E-state index is 14.7. The molecule has 0 unspecified atom stereocenters. The first kappa shape index (κ1) is 68.7. The number of aryl methyl sites for hydroxylation is 1. The molecule has 0 aromatic heterocycles. The van der Waals surface area contributed by atoms with Crippen molar-refractivity contribution >= 4 is 47.1 Å². The lowest BCUT2D eigenvalue weighted by Gasteiger charge is -2.41. The summed E-state index contributed by atoms with van der Waals surface area (Å²) in [6.07, 6.45) is 7.11. The van der Waals surface area contributed by atoms with Crippen molar-refractivity contribution in [2.45, 2.75) is 196 Å². The number of aliphatic hydroxyl groups excluding tert-OH is 1. The summed E-state index contributed by atoms with van der Waals surface area (Å²) in [7, 11) is 6.36. The highest BCUT2D eigenvalue weighted by Gasteiger charge is 2.44. The Morgan fingerprint density at radius 3 is 1.88 bits per heavy atom. The third-order valence-electron chi connectivity index (χ3n) is 16.3. The van der Waals surface area contributed by atoms with Crippen molar-refractivity contribution in [3.8, 4) is 0 Å². The van der Waals surface area contributed by atoms with Gasteiger partial charge in [-0.15, -0.1) is 0 Å². The molecule has 0 aliphatic carbocycles. The molecule has 4 rings (SSSR count). The van der Waals surface area contributed by atoms with E-state index in [9.17, 15) is 43.5 Å². The molecule has 80 heavy (non-hydrogen) atoms. The van der Waals surface area contributed by atoms with Crippen LogP contribution in [0.4, 0.5) is 4.79 Å². The number of Topliss-reactive ketones (excluding diaryl/α,β-unsaturated/α-hetero) is 3. The highest BCUT2D eigenvalue weighted by atomic mass is 16.6. The molecule has 2 aliphatic rings. The first-order valence-electron chi connectivity index (χ1n) is 29.4. The van der Waals surface area contributed by atoms with Crippen LogP contribution in [0.1, 0.15) is 169 Å². The summed E-state index contributed by atoms with van der Waals surface area (Å²) < 4.78 is 17.8. The summed E-state index contributed by atoms with van der Waals surface area (Å²) in [6.45, 7) is 20.2. The summed E-state index contributed by atoms with van der Waals surface area (Å²) >= 11 is 0. The smallest absolute Gasteiger partial charge is 0.410 e. The second-order valence-electron chi connectivity index (χ2n) is 22.9. The number of nitrogens with zero attached hydrogens (tertiary/aromatic N) is 4. The third-order valence-corrected chi connectivity index (χ3v) is 16.3. The van der Waals surface area contributed by atoms with Gasteiger partial charge in [-0.05, 0) is 72.5 Å². The number of ether oxygens (including phenoxy) is 3. The standard InChI is InChI=1S/C60H88N4O12.C4H10/c1-13-40(6)56(51(74-11)36-54(70)63-32-19-24-48(63)58(75-12)42(8)49(66)34-41(7)57(71)45-21-15-14-16-22-45)61(9)59(72)47(38(2)3)35-50(67)55(39(4)5)62(10)60(73)76-37-44-27-25-43(26-28-44)20-17-18-23-46(65)31-33-64-52(68)29-30-53(64)69;1-3-4-2/h14-16,21-22,25-30,38-42,47-48,51,55-58,71H,13,17-20,23-24,31-37H2,1-12H3;3-4H2,1-2H3/t40-,41-,42-,47-,48-,51+,55-,56-,57+,58+;/m0./s1. The zero-order valence-corrected chi connectivity index (χ0v) is 50.8. The van der Waals surface area contributed by atoms with Crippen LogP contribution in [0, 0.1) is 35.5 Å². The van der Waals surface area contributed by atoms with E-state index in [1.165, 1.54) is 36.9 Å². The molecule has 0 radical (unpaired) electrons. The highest BCUT2D eigenvalue weighted by Crippen LogP contribution is 2.33. The molecule has 1 fully saturated rings. The molecule has 1 saturated heterocycles. The Kier molecular flexibility index (Phi) is 29.8. The number of unbranched alkanes of at least 4 members (excludes halogenated alkanes) is 2. The lowest BCUT2D eigenvalue weighted by molar-refractivity contribution is -0.149. The van der Waals surface area contributed by atoms with Crippen LogP contribution in [0.3, 0.4) is 0 Å². The van der Waals surface area contributed by atoms with Crippen LogP contribution in [0.25, 0.3) is 0 Å². The summed E-state index contributed by atoms with van der Waals surface area (Å²) in [5.74, 6) is -3.76. The number of amides is 5. The summed E-state index contributed by atoms with van der Waals surface area (Å²) in [5.41, 5.74) is 2.57.